The molecule has 1 heterocycles. The summed E-state index contributed by atoms with van der Waals surface area (Å²) < 4.78 is 6.03. The van der Waals surface area contributed by atoms with Crippen LogP contribution in [0.5, 0.6) is 0 Å². The summed E-state index contributed by atoms with van der Waals surface area (Å²) in [7, 11) is 0. The van der Waals surface area contributed by atoms with E-state index in [1.54, 1.807) is 0 Å². The van der Waals surface area contributed by atoms with E-state index in [0.29, 0.717) is 12.0 Å². The fourth-order valence-corrected chi connectivity index (χ4v) is 2.49. The molecule has 1 aromatic rings. The number of hydrogen-bond acceptors (Lipinski definition) is 1. The van der Waals surface area contributed by atoms with Gasteiger partial charge in [-0.2, -0.15) is 0 Å². The van der Waals surface area contributed by atoms with Crippen LogP contribution < -0.4 is 0 Å². The van der Waals surface area contributed by atoms with Gasteiger partial charge in [0.05, 0.1) is 12.2 Å². The molecule has 0 saturated carbocycles. The standard InChI is InChI=1S/C17H22O/c1-13(2)16-11-9-14(3)18-17(16)12-10-15-7-5-4-6-8-15/h4-8,10,12,14,16-17H,1,9,11H2,2-3H3/b12-10+. The summed E-state index contributed by atoms with van der Waals surface area (Å²) in [6.45, 7) is 8.35. The smallest absolute Gasteiger partial charge is 0.0827 e. The fraction of sp³-hybridized carbons (Fsp3) is 0.412. The van der Waals surface area contributed by atoms with Crippen LogP contribution in [0.2, 0.25) is 0 Å². The minimum absolute atomic E-state index is 0.173. The molecule has 1 aromatic carbocycles. The zero-order valence-corrected chi connectivity index (χ0v) is 11.3. The zero-order valence-electron chi connectivity index (χ0n) is 11.3. The van der Waals surface area contributed by atoms with Crippen molar-refractivity contribution in [1.82, 2.24) is 0 Å². The molecule has 1 aliphatic heterocycles. The summed E-state index contributed by atoms with van der Waals surface area (Å²) in [6, 6.07) is 10.4. The van der Waals surface area contributed by atoms with E-state index in [2.05, 4.69) is 56.8 Å². The van der Waals surface area contributed by atoms with Gasteiger partial charge in [-0.15, -0.1) is 0 Å². The first kappa shape index (κ1) is 13.1. The van der Waals surface area contributed by atoms with Crippen molar-refractivity contribution >= 4 is 6.08 Å². The highest BCUT2D eigenvalue weighted by atomic mass is 16.5. The van der Waals surface area contributed by atoms with Gasteiger partial charge in [-0.25, -0.2) is 0 Å². The molecule has 0 bridgehead atoms. The van der Waals surface area contributed by atoms with Gasteiger partial charge in [-0.3, -0.25) is 0 Å². The maximum absolute atomic E-state index is 6.03. The highest BCUT2D eigenvalue weighted by Gasteiger charge is 2.27. The van der Waals surface area contributed by atoms with E-state index in [1.807, 2.05) is 6.07 Å². The second-order valence-electron chi connectivity index (χ2n) is 5.21. The average Bonchev–Trinajstić information content (AvgIpc) is 2.37. The highest BCUT2D eigenvalue weighted by Crippen LogP contribution is 2.30. The average molecular weight is 242 g/mol. The van der Waals surface area contributed by atoms with Crippen molar-refractivity contribution in [2.75, 3.05) is 0 Å². The summed E-state index contributed by atoms with van der Waals surface area (Å²) >= 11 is 0. The number of benzene rings is 1. The lowest BCUT2D eigenvalue weighted by atomic mass is 9.86. The van der Waals surface area contributed by atoms with E-state index in [0.717, 1.165) is 6.42 Å². The van der Waals surface area contributed by atoms with Gasteiger partial charge < -0.3 is 4.74 Å². The van der Waals surface area contributed by atoms with Crippen molar-refractivity contribution < 1.29 is 4.74 Å². The normalized spacial score (nSPS) is 28.4. The Hall–Kier alpha value is -1.34. The maximum atomic E-state index is 6.03. The number of ether oxygens (including phenoxy) is 1. The molecule has 0 amide bonds. The first-order valence-electron chi connectivity index (χ1n) is 6.71. The van der Waals surface area contributed by atoms with Crippen LogP contribution in [0.1, 0.15) is 32.3 Å². The summed E-state index contributed by atoms with van der Waals surface area (Å²) in [4.78, 5) is 0. The molecule has 0 spiro atoms. The monoisotopic (exact) mass is 242 g/mol. The Labute approximate surface area is 110 Å². The third-order valence-electron chi connectivity index (χ3n) is 3.58. The third kappa shape index (κ3) is 3.33. The van der Waals surface area contributed by atoms with Gasteiger partial charge in [0.15, 0.2) is 0 Å². The van der Waals surface area contributed by atoms with Crippen LogP contribution in [0.25, 0.3) is 6.08 Å². The summed E-state index contributed by atoms with van der Waals surface area (Å²) in [5.41, 5.74) is 2.45. The topological polar surface area (TPSA) is 9.23 Å². The molecule has 3 atom stereocenters. The van der Waals surface area contributed by atoms with E-state index in [1.165, 1.54) is 17.6 Å². The second-order valence-corrected chi connectivity index (χ2v) is 5.21. The molecular weight excluding hydrogens is 220 g/mol. The van der Waals surface area contributed by atoms with Gasteiger partial charge in [0.2, 0.25) is 0 Å². The van der Waals surface area contributed by atoms with E-state index < -0.39 is 0 Å². The van der Waals surface area contributed by atoms with Crippen molar-refractivity contribution in [3.8, 4) is 0 Å². The first-order chi connectivity index (χ1) is 8.66. The third-order valence-corrected chi connectivity index (χ3v) is 3.58. The van der Waals surface area contributed by atoms with Crippen LogP contribution in [0, 0.1) is 5.92 Å². The van der Waals surface area contributed by atoms with Crippen LogP contribution in [0.4, 0.5) is 0 Å². The van der Waals surface area contributed by atoms with Crippen molar-refractivity contribution in [2.24, 2.45) is 5.92 Å². The van der Waals surface area contributed by atoms with E-state index in [-0.39, 0.29) is 6.10 Å². The minimum Gasteiger partial charge on any atom is -0.371 e. The molecule has 1 nitrogen and oxygen atoms in total. The molecule has 3 unspecified atom stereocenters. The van der Waals surface area contributed by atoms with Crippen LogP contribution in [-0.4, -0.2) is 12.2 Å². The molecule has 96 valence electrons. The zero-order chi connectivity index (χ0) is 13.0. The van der Waals surface area contributed by atoms with E-state index >= 15 is 0 Å². The van der Waals surface area contributed by atoms with E-state index in [9.17, 15) is 0 Å². The van der Waals surface area contributed by atoms with Crippen molar-refractivity contribution in [3.05, 3.63) is 54.1 Å². The Bertz CT molecular complexity index is 418. The fourth-order valence-electron chi connectivity index (χ4n) is 2.49. The predicted octanol–water partition coefficient (Wildman–Crippen LogP) is 4.46. The summed E-state index contributed by atoms with van der Waals surface area (Å²) in [5.74, 6) is 0.459. The Balaban J connectivity index is 2.09. The SMILES string of the molecule is C=C(C)C1CCC(C)OC1/C=C/c1ccccc1. The van der Waals surface area contributed by atoms with Crippen LogP contribution >= 0.6 is 0 Å². The molecule has 1 heteroatoms. The van der Waals surface area contributed by atoms with Gasteiger partial charge in [0, 0.05) is 5.92 Å². The Morgan fingerprint density at radius 2 is 2.00 bits per heavy atom. The molecule has 18 heavy (non-hydrogen) atoms. The lowest BCUT2D eigenvalue weighted by Crippen LogP contribution is -2.32. The maximum Gasteiger partial charge on any atom is 0.0827 e. The number of rotatable bonds is 3. The van der Waals surface area contributed by atoms with Crippen molar-refractivity contribution in [3.63, 3.8) is 0 Å². The van der Waals surface area contributed by atoms with Gasteiger partial charge in [0.1, 0.15) is 0 Å². The van der Waals surface area contributed by atoms with Crippen molar-refractivity contribution in [1.29, 1.82) is 0 Å². The number of hydrogen-bond donors (Lipinski definition) is 0. The Kier molecular flexibility index (Phi) is 4.38. The Morgan fingerprint density at radius 1 is 1.28 bits per heavy atom. The Morgan fingerprint density at radius 3 is 2.67 bits per heavy atom. The van der Waals surface area contributed by atoms with Gasteiger partial charge in [-0.1, -0.05) is 54.6 Å². The van der Waals surface area contributed by atoms with Crippen LogP contribution in [-0.2, 0) is 4.74 Å². The van der Waals surface area contributed by atoms with Gasteiger partial charge in [0.25, 0.3) is 0 Å². The lowest BCUT2D eigenvalue weighted by Gasteiger charge is -2.34. The quantitative estimate of drug-likeness (QED) is 0.711. The summed E-state index contributed by atoms with van der Waals surface area (Å²) in [5, 5.41) is 0. The first-order valence-corrected chi connectivity index (χ1v) is 6.71. The minimum atomic E-state index is 0.173. The molecule has 0 aromatic heterocycles. The van der Waals surface area contributed by atoms with E-state index in [4.69, 9.17) is 4.74 Å². The van der Waals surface area contributed by atoms with Crippen LogP contribution in [0.3, 0.4) is 0 Å². The predicted molar refractivity (Wildman–Crippen MR) is 77.3 cm³/mol. The molecular formula is C17H22O. The highest BCUT2D eigenvalue weighted by molar-refractivity contribution is 5.49. The molecule has 0 N–H and O–H groups in total. The second kappa shape index (κ2) is 6.01. The molecule has 1 fully saturated rings. The van der Waals surface area contributed by atoms with Gasteiger partial charge >= 0.3 is 0 Å². The van der Waals surface area contributed by atoms with Crippen LogP contribution in [0.15, 0.2) is 48.6 Å². The molecule has 2 rings (SSSR count). The lowest BCUT2D eigenvalue weighted by molar-refractivity contribution is -0.0386. The molecule has 1 aliphatic rings. The molecule has 0 aliphatic carbocycles. The summed E-state index contributed by atoms with van der Waals surface area (Å²) in [6.07, 6.45) is 7.17. The van der Waals surface area contributed by atoms with Crippen molar-refractivity contribution in [2.45, 2.75) is 38.9 Å². The molecule has 1 saturated heterocycles. The van der Waals surface area contributed by atoms with Gasteiger partial charge in [-0.05, 0) is 32.3 Å². The molecule has 0 radical (unpaired) electrons. The largest absolute Gasteiger partial charge is 0.371 e.